The number of hydrogen-bond donors (Lipinski definition) is 0. The van der Waals surface area contributed by atoms with Gasteiger partial charge in [0.1, 0.15) is 6.04 Å². The number of amides is 1. The molecular formula is C19H20ClN3O. The van der Waals surface area contributed by atoms with Crippen LogP contribution < -0.4 is 0 Å². The zero-order chi connectivity index (χ0) is 16.7. The molecule has 24 heavy (non-hydrogen) atoms. The Hall–Kier alpha value is -1.94. The Kier molecular flexibility index (Phi) is 4.01. The molecule has 2 aliphatic carbocycles. The van der Waals surface area contributed by atoms with E-state index in [9.17, 15) is 4.79 Å². The zero-order valence-corrected chi connectivity index (χ0v) is 14.4. The molecular weight excluding hydrogens is 322 g/mol. The molecule has 0 radical (unpaired) electrons. The third-order valence-corrected chi connectivity index (χ3v) is 5.69. The summed E-state index contributed by atoms with van der Waals surface area (Å²) in [6, 6.07) is 9.09. The summed E-state index contributed by atoms with van der Waals surface area (Å²) in [6.07, 6.45) is 7.10. The molecule has 4 nitrogen and oxygen atoms in total. The molecule has 1 heterocycles. The summed E-state index contributed by atoms with van der Waals surface area (Å²) in [5, 5.41) is 0.678. The Labute approximate surface area is 146 Å². The van der Waals surface area contributed by atoms with Crippen LogP contribution in [0.5, 0.6) is 0 Å². The summed E-state index contributed by atoms with van der Waals surface area (Å²) in [5.74, 6) is 2.26. The van der Waals surface area contributed by atoms with Crippen LogP contribution >= 0.6 is 11.6 Å². The van der Waals surface area contributed by atoms with Crippen molar-refractivity contribution in [3.63, 3.8) is 0 Å². The molecule has 1 amide bonds. The van der Waals surface area contributed by atoms with Crippen molar-refractivity contribution in [1.29, 1.82) is 0 Å². The van der Waals surface area contributed by atoms with Crippen molar-refractivity contribution in [1.82, 2.24) is 14.9 Å². The first kappa shape index (κ1) is 15.6. The lowest BCUT2D eigenvalue weighted by Crippen LogP contribution is -2.35. The van der Waals surface area contributed by atoms with Crippen LogP contribution in [0.1, 0.15) is 36.7 Å². The molecule has 0 bridgehead atoms. The minimum absolute atomic E-state index is 0.197. The van der Waals surface area contributed by atoms with Crippen molar-refractivity contribution in [2.45, 2.75) is 25.3 Å². The SMILES string of the molecule is CN(C(=O)C1[C@H]2CCC[C@@H]12)[C@@H](c1ccc(Cl)cc1)c1ncccn1. The van der Waals surface area contributed by atoms with Crippen LogP contribution in [0.2, 0.25) is 5.02 Å². The fraction of sp³-hybridized carbons (Fsp3) is 0.421. The minimum atomic E-state index is -0.280. The van der Waals surface area contributed by atoms with E-state index in [2.05, 4.69) is 9.97 Å². The highest BCUT2D eigenvalue weighted by Gasteiger charge is 2.57. The second-order valence-corrected chi connectivity index (χ2v) is 7.23. The summed E-state index contributed by atoms with van der Waals surface area (Å²) < 4.78 is 0. The normalized spacial score (nSPS) is 25.8. The molecule has 2 aliphatic rings. The van der Waals surface area contributed by atoms with Gasteiger partial charge < -0.3 is 4.90 Å². The Balaban J connectivity index is 1.64. The number of aromatic nitrogens is 2. The molecule has 4 atom stereocenters. The number of hydrogen-bond acceptors (Lipinski definition) is 3. The van der Waals surface area contributed by atoms with Crippen LogP contribution in [0, 0.1) is 17.8 Å². The fourth-order valence-electron chi connectivity index (χ4n) is 4.19. The van der Waals surface area contributed by atoms with E-state index in [-0.39, 0.29) is 17.9 Å². The molecule has 5 heteroatoms. The number of fused-ring (bicyclic) bond motifs is 1. The van der Waals surface area contributed by atoms with E-state index in [1.807, 2.05) is 36.2 Å². The number of benzene rings is 1. The van der Waals surface area contributed by atoms with Gasteiger partial charge in [0.25, 0.3) is 0 Å². The van der Waals surface area contributed by atoms with Crippen molar-refractivity contribution in [3.8, 4) is 0 Å². The van der Waals surface area contributed by atoms with Gasteiger partial charge in [-0.1, -0.05) is 30.2 Å². The summed E-state index contributed by atoms with van der Waals surface area (Å²) >= 11 is 6.02. The third-order valence-electron chi connectivity index (χ3n) is 5.44. The average Bonchev–Trinajstić information content (AvgIpc) is 3.08. The first-order chi connectivity index (χ1) is 11.7. The van der Waals surface area contributed by atoms with Crippen molar-refractivity contribution in [2.24, 2.45) is 17.8 Å². The molecule has 1 unspecified atom stereocenters. The molecule has 0 aliphatic heterocycles. The quantitative estimate of drug-likeness (QED) is 0.851. The topological polar surface area (TPSA) is 46.1 Å². The zero-order valence-electron chi connectivity index (χ0n) is 13.6. The van der Waals surface area contributed by atoms with Crippen molar-refractivity contribution < 1.29 is 4.79 Å². The molecule has 0 N–H and O–H groups in total. The number of nitrogens with zero attached hydrogens (tertiary/aromatic N) is 3. The van der Waals surface area contributed by atoms with Gasteiger partial charge in [-0.25, -0.2) is 9.97 Å². The maximum absolute atomic E-state index is 13.0. The van der Waals surface area contributed by atoms with Crippen molar-refractivity contribution in [2.75, 3.05) is 7.05 Å². The monoisotopic (exact) mass is 341 g/mol. The highest BCUT2D eigenvalue weighted by Crippen LogP contribution is 2.58. The van der Waals surface area contributed by atoms with Gasteiger partial charge in [-0.05, 0) is 48.4 Å². The number of carbonyl (C=O) groups excluding carboxylic acids is 1. The Morgan fingerprint density at radius 2 is 1.79 bits per heavy atom. The first-order valence-electron chi connectivity index (χ1n) is 8.46. The van der Waals surface area contributed by atoms with Gasteiger partial charge in [-0.3, -0.25) is 4.79 Å². The average molecular weight is 342 g/mol. The highest BCUT2D eigenvalue weighted by molar-refractivity contribution is 6.30. The van der Waals surface area contributed by atoms with E-state index in [1.165, 1.54) is 19.3 Å². The van der Waals surface area contributed by atoms with Crippen molar-refractivity contribution >= 4 is 17.5 Å². The second kappa shape index (κ2) is 6.17. The van der Waals surface area contributed by atoms with Crippen LogP contribution in [0.25, 0.3) is 0 Å². The van der Waals surface area contributed by atoms with Gasteiger partial charge in [0.2, 0.25) is 5.91 Å². The summed E-state index contributed by atoms with van der Waals surface area (Å²) in [7, 11) is 1.87. The van der Waals surface area contributed by atoms with E-state index >= 15 is 0 Å². The Morgan fingerprint density at radius 3 is 2.42 bits per heavy atom. The van der Waals surface area contributed by atoms with Gasteiger partial charge in [0, 0.05) is 30.4 Å². The molecule has 2 saturated carbocycles. The summed E-state index contributed by atoms with van der Waals surface area (Å²) in [6.45, 7) is 0. The highest BCUT2D eigenvalue weighted by atomic mass is 35.5. The molecule has 0 saturated heterocycles. The summed E-state index contributed by atoms with van der Waals surface area (Å²) in [5.41, 5.74) is 0.979. The van der Waals surface area contributed by atoms with E-state index < -0.39 is 0 Å². The lowest BCUT2D eigenvalue weighted by molar-refractivity contribution is -0.133. The lowest BCUT2D eigenvalue weighted by atomic mass is 10.0. The largest absolute Gasteiger partial charge is 0.331 e. The molecule has 4 rings (SSSR count). The first-order valence-corrected chi connectivity index (χ1v) is 8.83. The summed E-state index contributed by atoms with van der Waals surface area (Å²) in [4.78, 5) is 23.6. The molecule has 0 spiro atoms. The van der Waals surface area contributed by atoms with Gasteiger partial charge in [-0.2, -0.15) is 0 Å². The maximum atomic E-state index is 13.0. The number of rotatable bonds is 4. The molecule has 124 valence electrons. The number of halogens is 1. The van der Waals surface area contributed by atoms with Gasteiger partial charge in [0.05, 0.1) is 0 Å². The lowest BCUT2D eigenvalue weighted by Gasteiger charge is -2.28. The van der Waals surface area contributed by atoms with Crippen LogP contribution in [0.15, 0.2) is 42.7 Å². The van der Waals surface area contributed by atoms with Gasteiger partial charge >= 0.3 is 0 Å². The van der Waals surface area contributed by atoms with E-state index in [1.54, 1.807) is 18.5 Å². The molecule has 2 aromatic rings. The van der Waals surface area contributed by atoms with Crippen LogP contribution in [-0.2, 0) is 4.79 Å². The predicted octanol–water partition coefficient (Wildman–Crippen LogP) is 3.72. The van der Waals surface area contributed by atoms with E-state index in [4.69, 9.17) is 11.6 Å². The molecule has 1 aromatic heterocycles. The van der Waals surface area contributed by atoms with Gasteiger partial charge in [-0.15, -0.1) is 0 Å². The molecule has 1 aromatic carbocycles. The third kappa shape index (κ3) is 2.69. The standard InChI is InChI=1S/C19H20ClN3O/c1-23(19(24)16-14-4-2-5-15(14)16)17(18-21-10-3-11-22-18)12-6-8-13(20)9-7-12/h3,6-11,14-17H,2,4-5H2,1H3/t14-,15+,16?,17-/m0/s1. The smallest absolute Gasteiger partial charge is 0.226 e. The van der Waals surface area contributed by atoms with Crippen LogP contribution in [0.3, 0.4) is 0 Å². The predicted molar refractivity (Wildman–Crippen MR) is 92.4 cm³/mol. The minimum Gasteiger partial charge on any atom is -0.331 e. The van der Waals surface area contributed by atoms with Gasteiger partial charge in [0.15, 0.2) is 5.82 Å². The Bertz CT molecular complexity index is 724. The molecule has 2 fully saturated rings. The van der Waals surface area contributed by atoms with E-state index in [0.717, 1.165) is 5.56 Å². The maximum Gasteiger partial charge on any atom is 0.226 e. The number of carbonyl (C=O) groups is 1. The van der Waals surface area contributed by atoms with Crippen molar-refractivity contribution in [3.05, 3.63) is 59.1 Å². The fourth-order valence-corrected chi connectivity index (χ4v) is 4.32. The Morgan fingerprint density at radius 1 is 1.17 bits per heavy atom. The van der Waals surface area contributed by atoms with E-state index in [0.29, 0.717) is 22.7 Å². The van der Waals surface area contributed by atoms with Crippen LogP contribution in [0.4, 0.5) is 0 Å². The van der Waals surface area contributed by atoms with Crippen LogP contribution in [-0.4, -0.2) is 27.8 Å². The second-order valence-electron chi connectivity index (χ2n) is 6.79.